The second kappa shape index (κ2) is 8.97. The third-order valence-electron chi connectivity index (χ3n) is 1.85. The van der Waals surface area contributed by atoms with Gasteiger partial charge < -0.3 is 15.2 Å². The van der Waals surface area contributed by atoms with Crippen molar-refractivity contribution in [1.82, 2.24) is 0 Å². The molecule has 0 radical (unpaired) electrons. The molecule has 1 atom stereocenters. The van der Waals surface area contributed by atoms with Crippen molar-refractivity contribution in [3.8, 4) is 0 Å². The van der Waals surface area contributed by atoms with Crippen molar-refractivity contribution in [3.05, 3.63) is 0 Å². The molecule has 0 amide bonds. The fourth-order valence-corrected chi connectivity index (χ4v) is 0.994. The smallest absolute Gasteiger partial charge is 0.322 e. The molecule has 0 aliphatic heterocycles. The van der Waals surface area contributed by atoms with Gasteiger partial charge in [0, 0.05) is 6.61 Å². The Morgan fingerprint density at radius 2 is 2.07 bits per heavy atom. The number of hydrogen-bond acceptors (Lipinski definition) is 4. The number of unbranched alkanes of at least 4 members (excludes halogenated alkanes) is 1. The molecule has 0 aromatic heterocycles. The summed E-state index contributed by atoms with van der Waals surface area (Å²) >= 11 is 0. The predicted octanol–water partition coefficient (Wildman–Crippen LogP) is 1.08. The van der Waals surface area contributed by atoms with Crippen LogP contribution in [0.3, 0.4) is 0 Å². The molecule has 14 heavy (non-hydrogen) atoms. The highest BCUT2D eigenvalue weighted by molar-refractivity contribution is 5.75. The predicted molar refractivity (Wildman–Crippen MR) is 55.0 cm³/mol. The standard InChI is InChI=1S/C10H21NO3/c1-3-5-6-9(11)10(12)14-8-7-13-4-2/h9H,3-8,11H2,1-2H3/t9-/m0/s1. The average Bonchev–Trinajstić information content (AvgIpc) is 2.20. The summed E-state index contributed by atoms with van der Waals surface area (Å²) in [6.45, 7) is 5.34. The Hall–Kier alpha value is -0.610. The molecule has 0 fully saturated rings. The molecule has 84 valence electrons. The van der Waals surface area contributed by atoms with Crippen molar-refractivity contribution >= 4 is 5.97 Å². The maximum atomic E-state index is 11.2. The molecule has 0 bridgehead atoms. The van der Waals surface area contributed by atoms with Crippen LogP contribution in [0.1, 0.15) is 33.1 Å². The van der Waals surface area contributed by atoms with E-state index in [1.807, 2.05) is 6.92 Å². The van der Waals surface area contributed by atoms with E-state index in [0.717, 1.165) is 12.8 Å². The van der Waals surface area contributed by atoms with E-state index >= 15 is 0 Å². The molecular weight excluding hydrogens is 182 g/mol. The number of hydrogen-bond donors (Lipinski definition) is 1. The number of rotatable bonds is 8. The lowest BCUT2D eigenvalue weighted by atomic mass is 10.1. The minimum absolute atomic E-state index is 0.298. The SMILES string of the molecule is CCCC[C@H](N)C(=O)OCCOCC. The third-order valence-corrected chi connectivity index (χ3v) is 1.85. The topological polar surface area (TPSA) is 61.6 Å². The van der Waals surface area contributed by atoms with Gasteiger partial charge in [0.25, 0.3) is 0 Å². The highest BCUT2D eigenvalue weighted by atomic mass is 16.6. The van der Waals surface area contributed by atoms with Crippen LogP contribution < -0.4 is 5.73 Å². The van der Waals surface area contributed by atoms with E-state index in [1.54, 1.807) is 0 Å². The lowest BCUT2D eigenvalue weighted by Crippen LogP contribution is -2.32. The Morgan fingerprint density at radius 1 is 1.36 bits per heavy atom. The fourth-order valence-electron chi connectivity index (χ4n) is 0.994. The zero-order chi connectivity index (χ0) is 10.8. The third kappa shape index (κ3) is 6.86. The summed E-state index contributed by atoms with van der Waals surface area (Å²) in [4.78, 5) is 11.2. The molecule has 0 aromatic rings. The van der Waals surface area contributed by atoms with E-state index in [2.05, 4.69) is 6.92 Å². The van der Waals surface area contributed by atoms with Crippen LogP contribution in [0.2, 0.25) is 0 Å². The Morgan fingerprint density at radius 3 is 2.64 bits per heavy atom. The van der Waals surface area contributed by atoms with Gasteiger partial charge in [-0.05, 0) is 13.3 Å². The van der Waals surface area contributed by atoms with E-state index in [4.69, 9.17) is 15.2 Å². The van der Waals surface area contributed by atoms with E-state index in [-0.39, 0.29) is 5.97 Å². The molecule has 0 saturated carbocycles. The van der Waals surface area contributed by atoms with Crippen molar-refractivity contribution in [1.29, 1.82) is 0 Å². The summed E-state index contributed by atoms with van der Waals surface area (Å²) < 4.78 is 9.94. The van der Waals surface area contributed by atoms with E-state index in [9.17, 15) is 4.79 Å². The van der Waals surface area contributed by atoms with Gasteiger partial charge in [0.1, 0.15) is 12.6 Å². The van der Waals surface area contributed by atoms with Crippen molar-refractivity contribution in [2.45, 2.75) is 39.2 Å². The molecule has 0 aromatic carbocycles. The van der Waals surface area contributed by atoms with Crippen LogP contribution in [0.5, 0.6) is 0 Å². The summed E-state index contributed by atoms with van der Waals surface area (Å²) in [5.41, 5.74) is 5.60. The maximum Gasteiger partial charge on any atom is 0.322 e. The van der Waals surface area contributed by atoms with Gasteiger partial charge in [-0.1, -0.05) is 19.8 Å². The first-order valence-corrected chi connectivity index (χ1v) is 5.22. The van der Waals surface area contributed by atoms with E-state index in [1.165, 1.54) is 0 Å². The first kappa shape index (κ1) is 13.4. The van der Waals surface area contributed by atoms with E-state index < -0.39 is 6.04 Å². The van der Waals surface area contributed by atoms with E-state index in [0.29, 0.717) is 26.2 Å². The molecule has 0 spiro atoms. The van der Waals surface area contributed by atoms with Crippen molar-refractivity contribution in [3.63, 3.8) is 0 Å². The summed E-state index contributed by atoms with van der Waals surface area (Å²) in [5.74, 6) is -0.321. The van der Waals surface area contributed by atoms with Gasteiger partial charge in [-0.15, -0.1) is 0 Å². The van der Waals surface area contributed by atoms with Gasteiger partial charge in [-0.25, -0.2) is 0 Å². The highest BCUT2D eigenvalue weighted by Crippen LogP contribution is 1.99. The van der Waals surface area contributed by atoms with Crippen LogP contribution in [0.4, 0.5) is 0 Å². The van der Waals surface area contributed by atoms with Crippen LogP contribution in [0.15, 0.2) is 0 Å². The Kier molecular flexibility index (Phi) is 8.57. The molecule has 0 rings (SSSR count). The number of carbonyl (C=O) groups is 1. The average molecular weight is 203 g/mol. The minimum Gasteiger partial charge on any atom is -0.462 e. The largest absolute Gasteiger partial charge is 0.462 e. The minimum atomic E-state index is -0.475. The zero-order valence-electron chi connectivity index (χ0n) is 9.12. The van der Waals surface area contributed by atoms with Gasteiger partial charge in [0.15, 0.2) is 0 Å². The first-order valence-electron chi connectivity index (χ1n) is 5.22. The molecule has 0 aliphatic rings. The zero-order valence-corrected chi connectivity index (χ0v) is 9.12. The summed E-state index contributed by atoms with van der Waals surface area (Å²) in [5, 5.41) is 0. The molecular formula is C10H21NO3. The molecule has 0 heterocycles. The first-order chi connectivity index (χ1) is 6.72. The molecule has 0 saturated heterocycles. The van der Waals surface area contributed by atoms with Crippen LogP contribution >= 0.6 is 0 Å². The summed E-state index contributed by atoms with van der Waals surface area (Å²) in [7, 11) is 0. The number of esters is 1. The van der Waals surface area contributed by atoms with Crippen molar-refractivity contribution in [2.24, 2.45) is 5.73 Å². The second-order valence-corrected chi connectivity index (χ2v) is 3.11. The van der Waals surface area contributed by atoms with Crippen molar-refractivity contribution in [2.75, 3.05) is 19.8 Å². The summed E-state index contributed by atoms with van der Waals surface area (Å²) in [6.07, 6.45) is 2.70. The lowest BCUT2D eigenvalue weighted by molar-refractivity contribution is -0.146. The lowest BCUT2D eigenvalue weighted by Gasteiger charge is -2.10. The Labute approximate surface area is 85.8 Å². The number of nitrogens with two attached hydrogens (primary N) is 1. The van der Waals surface area contributed by atoms with Crippen LogP contribution in [-0.2, 0) is 14.3 Å². The van der Waals surface area contributed by atoms with Crippen LogP contribution in [0, 0.1) is 0 Å². The Balaban J connectivity index is 3.42. The van der Waals surface area contributed by atoms with Gasteiger partial charge in [0.2, 0.25) is 0 Å². The summed E-state index contributed by atoms with van der Waals surface area (Å²) in [6, 6.07) is -0.475. The fraction of sp³-hybridized carbons (Fsp3) is 0.900. The highest BCUT2D eigenvalue weighted by Gasteiger charge is 2.13. The Bertz CT molecular complexity index is 150. The van der Waals surface area contributed by atoms with Crippen LogP contribution in [0.25, 0.3) is 0 Å². The quantitative estimate of drug-likeness (QED) is 0.473. The molecule has 0 aliphatic carbocycles. The monoisotopic (exact) mass is 203 g/mol. The second-order valence-electron chi connectivity index (χ2n) is 3.11. The molecule has 4 nitrogen and oxygen atoms in total. The van der Waals surface area contributed by atoms with Gasteiger partial charge in [-0.3, -0.25) is 4.79 Å². The normalized spacial score (nSPS) is 12.5. The van der Waals surface area contributed by atoms with Crippen LogP contribution in [-0.4, -0.2) is 31.8 Å². The number of carbonyl (C=O) groups excluding carboxylic acids is 1. The van der Waals surface area contributed by atoms with Gasteiger partial charge in [-0.2, -0.15) is 0 Å². The van der Waals surface area contributed by atoms with Gasteiger partial charge >= 0.3 is 5.97 Å². The molecule has 2 N–H and O–H groups in total. The molecule has 4 heteroatoms. The molecule has 0 unspecified atom stereocenters. The van der Waals surface area contributed by atoms with Crippen molar-refractivity contribution < 1.29 is 14.3 Å². The van der Waals surface area contributed by atoms with Gasteiger partial charge in [0.05, 0.1) is 6.61 Å². The maximum absolute atomic E-state index is 11.2. The number of ether oxygens (including phenoxy) is 2.